The third-order valence-corrected chi connectivity index (χ3v) is 2.61. The van der Waals surface area contributed by atoms with E-state index in [-0.39, 0.29) is 25.1 Å². The number of nitrogens with one attached hydrogen (secondary N) is 1. The zero-order valence-corrected chi connectivity index (χ0v) is 10.2. The summed E-state index contributed by atoms with van der Waals surface area (Å²) in [6, 6.07) is 0.0633. The molecule has 0 aliphatic carbocycles. The molecule has 0 radical (unpaired) electrons. The number of carbonyl (C=O) groups excluding carboxylic acids is 1. The number of nitrogens with two attached hydrogens (primary N) is 1. The van der Waals surface area contributed by atoms with Gasteiger partial charge in [0.2, 0.25) is 0 Å². The van der Waals surface area contributed by atoms with Crippen molar-refractivity contribution in [3.05, 3.63) is 11.8 Å². The lowest BCUT2D eigenvalue weighted by Crippen LogP contribution is -2.49. The number of aliphatic hydroxyl groups is 1. The monoisotopic (exact) mass is 243 g/mol. The topological polar surface area (TPSA) is 87.8 Å². The first-order chi connectivity index (χ1) is 8.20. The quantitative estimate of drug-likeness (QED) is 0.520. The lowest BCUT2D eigenvalue weighted by Gasteiger charge is -2.34. The highest BCUT2D eigenvalue weighted by Gasteiger charge is 2.25. The van der Waals surface area contributed by atoms with E-state index in [0.29, 0.717) is 32.0 Å². The van der Waals surface area contributed by atoms with Gasteiger partial charge in [-0.05, 0) is 13.0 Å². The van der Waals surface area contributed by atoms with E-state index in [1.165, 1.54) is 0 Å². The van der Waals surface area contributed by atoms with Crippen LogP contribution in [0, 0.1) is 0 Å². The van der Waals surface area contributed by atoms with Crippen molar-refractivity contribution >= 4 is 5.91 Å². The Morgan fingerprint density at radius 1 is 1.71 bits per heavy atom. The third kappa shape index (κ3) is 3.99. The second-order valence-electron chi connectivity index (χ2n) is 3.93. The Labute approximate surface area is 101 Å². The molecule has 1 amide bonds. The molecule has 0 aromatic rings. The first-order valence-corrected chi connectivity index (χ1v) is 5.84. The standard InChI is InChI=1S/C11H21N3O3/c1-9-8-17-7-5-14(9)11(16)10(2-3-12)13-4-6-15/h2,9,13,15H,3-8,12H2,1H3/b10-2-/t9-/m0/s1. The van der Waals surface area contributed by atoms with Gasteiger partial charge < -0.3 is 25.8 Å². The Balaban J connectivity index is 2.65. The zero-order valence-electron chi connectivity index (χ0n) is 10.2. The van der Waals surface area contributed by atoms with Crippen LogP contribution in [0.1, 0.15) is 6.92 Å². The van der Waals surface area contributed by atoms with Crippen LogP contribution in [0.2, 0.25) is 0 Å². The van der Waals surface area contributed by atoms with Crippen molar-refractivity contribution in [3.63, 3.8) is 0 Å². The fourth-order valence-electron chi connectivity index (χ4n) is 1.73. The summed E-state index contributed by atoms with van der Waals surface area (Å²) in [5.74, 6) is -0.0836. The van der Waals surface area contributed by atoms with Gasteiger partial charge in [0.25, 0.3) is 5.91 Å². The molecule has 6 heteroatoms. The van der Waals surface area contributed by atoms with Crippen LogP contribution in [0.25, 0.3) is 0 Å². The summed E-state index contributed by atoms with van der Waals surface area (Å²) in [4.78, 5) is 14.0. The molecule has 0 saturated carbocycles. The molecular formula is C11H21N3O3. The minimum absolute atomic E-state index is 0.0200. The van der Waals surface area contributed by atoms with E-state index in [4.69, 9.17) is 15.6 Å². The molecule has 1 atom stereocenters. The minimum atomic E-state index is -0.0836. The Morgan fingerprint density at radius 3 is 3.06 bits per heavy atom. The molecule has 1 fully saturated rings. The van der Waals surface area contributed by atoms with Gasteiger partial charge in [-0.25, -0.2) is 0 Å². The predicted octanol–water partition coefficient (Wildman–Crippen LogP) is -1.34. The SMILES string of the molecule is C[C@H]1COCCN1C(=O)/C(=C/CN)NCCO. The number of rotatable bonds is 5. The van der Waals surface area contributed by atoms with Crippen LogP contribution >= 0.6 is 0 Å². The first-order valence-electron chi connectivity index (χ1n) is 5.84. The maximum atomic E-state index is 12.2. The van der Waals surface area contributed by atoms with Gasteiger partial charge >= 0.3 is 0 Å². The van der Waals surface area contributed by atoms with Gasteiger partial charge in [-0.3, -0.25) is 4.79 Å². The highest BCUT2D eigenvalue weighted by Crippen LogP contribution is 2.09. The normalized spacial score (nSPS) is 21.5. The highest BCUT2D eigenvalue weighted by molar-refractivity contribution is 5.93. The number of amides is 1. The Hall–Kier alpha value is -1.11. The van der Waals surface area contributed by atoms with Crippen LogP contribution in [-0.4, -0.2) is 61.4 Å². The van der Waals surface area contributed by atoms with E-state index in [2.05, 4.69) is 5.32 Å². The maximum Gasteiger partial charge on any atom is 0.270 e. The summed E-state index contributed by atoms with van der Waals surface area (Å²) in [5, 5.41) is 11.6. The van der Waals surface area contributed by atoms with Gasteiger partial charge in [0.1, 0.15) is 0 Å². The van der Waals surface area contributed by atoms with Crippen molar-refractivity contribution in [1.82, 2.24) is 10.2 Å². The van der Waals surface area contributed by atoms with Crippen molar-refractivity contribution in [3.8, 4) is 0 Å². The van der Waals surface area contributed by atoms with Gasteiger partial charge in [-0.15, -0.1) is 0 Å². The molecule has 1 aliphatic rings. The van der Waals surface area contributed by atoms with Crippen LogP contribution in [0.15, 0.2) is 11.8 Å². The van der Waals surface area contributed by atoms with Gasteiger partial charge in [0.15, 0.2) is 0 Å². The van der Waals surface area contributed by atoms with Crippen molar-refractivity contribution < 1.29 is 14.6 Å². The average molecular weight is 243 g/mol. The van der Waals surface area contributed by atoms with Crippen molar-refractivity contribution in [2.75, 3.05) is 39.5 Å². The van der Waals surface area contributed by atoms with Crippen LogP contribution < -0.4 is 11.1 Å². The van der Waals surface area contributed by atoms with E-state index in [1.807, 2.05) is 6.92 Å². The molecule has 1 heterocycles. The molecule has 6 nitrogen and oxygen atoms in total. The molecule has 0 bridgehead atoms. The van der Waals surface area contributed by atoms with Crippen molar-refractivity contribution in [1.29, 1.82) is 0 Å². The molecule has 1 aliphatic heterocycles. The van der Waals surface area contributed by atoms with E-state index in [0.717, 1.165) is 0 Å². The smallest absolute Gasteiger partial charge is 0.270 e. The molecule has 98 valence electrons. The van der Waals surface area contributed by atoms with E-state index in [9.17, 15) is 4.79 Å². The summed E-state index contributed by atoms with van der Waals surface area (Å²) >= 11 is 0. The van der Waals surface area contributed by atoms with Crippen LogP contribution in [-0.2, 0) is 9.53 Å². The molecule has 1 rings (SSSR count). The number of hydrogen-bond donors (Lipinski definition) is 3. The van der Waals surface area contributed by atoms with Gasteiger partial charge in [-0.2, -0.15) is 0 Å². The Kier molecular flexibility index (Phi) is 5.96. The molecule has 4 N–H and O–H groups in total. The van der Waals surface area contributed by atoms with Crippen molar-refractivity contribution in [2.45, 2.75) is 13.0 Å². The molecular weight excluding hydrogens is 222 g/mol. The molecule has 17 heavy (non-hydrogen) atoms. The van der Waals surface area contributed by atoms with E-state index in [1.54, 1.807) is 11.0 Å². The fraction of sp³-hybridized carbons (Fsp3) is 0.727. The molecule has 0 unspecified atom stereocenters. The largest absolute Gasteiger partial charge is 0.395 e. The number of hydrogen-bond acceptors (Lipinski definition) is 5. The maximum absolute atomic E-state index is 12.2. The summed E-state index contributed by atoms with van der Waals surface area (Å²) in [7, 11) is 0. The molecule has 1 saturated heterocycles. The second-order valence-corrected chi connectivity index (χ2v) is 3.93. The highest BCUT2D eigenvalue weighted by atomic mass is 16.5. The average Bonchev–Trinajstić information content (AvgIpc) is 2.34. The summed E-state index contributed by atoms with van der Waals surface area (Å²) in [5.41, 5.74) is 5.88. The zero-order chi connectivity index (χ0) is 12.7. The molecule has 0 spiro atoms. The third-order valence-electron chi connectivity index (χ3n) is 2.61. The minimum Gasteiger partial charge on any atom is -0.395 e. The molecule has 0 aromatic heterocycles. The summed E-state index contributed by atoms with van der Waals surface area (Å²) in [6.07, 6.45) is 1.64. The number of aliphatic hydroxyl groups excluding tert-OH is 1. The molecule has 0 aromatic carbocycles. The lowest BCUT2D eigenvalue weighted by atomic mass is 10.2. The second kappa shape index (κ2) is 7.26. The van der Waals surface area contributed by atoms with Crippen molar-refractivity contribution in [2.24, 2.45) is 5.73 Å². The predicted molar refractivity (Wildman–Crippen MR) is 64.2 cm³/mol. The number of carbonyl (C=O) groups is 1. The first kappa shape index (κ1) is 14.0. The van der Waals surface area contributed by atoms with Gasteiger partial charge in [0, 0.05) is 19.6 Å². The van der Waals surface area contributed by atoms with E-state index >= 15 is 0 Å². The number of ether oxygens (including phenoxy) is 1. The Bertz CT molecular complexity index is 281. The van der Waals surface area contributed by atoms with Crippen LogP contribution in [0.4, 0.5) is 0 Å². The fourth-order valence-corrected chi connectivity index (χ4v) is 1.73. The van der Waals surface area contributed by atoms with Crippen LogP contribution in [0.5, 0.6) is 0 Å². The number of morpholine rings is 1. The van der Waals surface area contributed by atoms with E-state index < -0.39 is 0 Å². The number of nitrogens with zero attached hydrogens (tertiary/aromatic N) is 1. The summed E-state index contributed by atoms with van der Waals surface area (Å²) in [6.45, 7) is 4.27. The Morgan fingerprint density at radius 2 is 2.47 bits per heavy atom. The lowest BCUT2D eigenvalue weighted by molar-refractivity contribution is -0.135. The van der Waals surface area contributed by atoms with Gasteiger partial charge in [-0.1, -0.05) is 0 Å². The van der Waals surface area contributed by atoms with Gasteiger partial charge in [0.05, 0.1) is 31.6 Å². The van der Waals surface area contributed by atoms with Crippen LogP contribution in [0.3, 0.4) is 0 Å². The summed E-state index contributed by atoms with van der Waals surface area (Å²) < 4.78 is 5.28.